The van der Waals surface area contributed by atoms with E-state index in [9.17, 15) is 4.79 Å². The Labute approximate surface area is 79.7 Å². The van der Waals surface area contributed by atoms with Crippen molar-refractivity contribution in [2.75, 3.05) is 13.1 Å². The molecule has 1 aliphatic carbocycles. The third-order valence-corrected chi connectivity index (χ3v) is 2.45. The van der Waals surface area contributed by atoms with Crippen LogP contribution in [-0.4, -0.2) is 34.6 Å². The molecule has 0 aliphatic heterocycles. The molecule has 76 valence electrons. The first-order chi connectivity index (χ1) is 5.89. The molecule has 0 spiro atoms. The summed E-state index contributed by atoms with van der Waals surface area (Å²) >= 11 is 0. The molecule has 1 aliphatic rings. The molecule has 3 nitrogen and oxygen atoms in total. The molecular formula is C10H19NO2. The lowest BCUT2D eigenvalue weighted by atomic mass is 10.1. The van der Waals surface area contributed by atoms with Gasteiger partial charge in [0.1, 0.15) is 0 Å². The second kappa shape index (κ2) is 3.66. The van der Waals surface area contributed by atoms with Crippen molar-refractivity contribution >= 4 is 5.97 Å². The Morgan fingerprint density at radius 2 is 2.00 bits per heavy atom. The smallest absolute Gasteiger partial charge is 0.317 e. The monoisotopic (exact) mass is 185 g/mol. The third kappa shape index (κ3) is 3.77. The number of hydrogen-bond acceptors (Lipinski definition) is 2. The van der Waals surface area contributed by atoms with Gasteiger partial charge in [-0.1, -0.05) is 0 Å². The number of carboxylic acid groups (broad SMARTS) is 1. The van der Waals surface area contributed by atoms with Gasteiger partial charge in [-0.3, -0.25) is 9.69 Å². The van der Waals surface area contributed by atoms with E-state index in [1.165, 1.54) is 12.8 Å². The highest BCUT2D eigenvalue weighted by molar-refractivity contribution is 5.69. The lowest BCUT2D eigenvalue weighted by molar-refractivity contribution is -0.139. The average Bonchev–Trinajstić information content (AvgIpc) is 2.66. The largest absolute Gasteiger partial charge is 0.480 e. The standard InChI is InChI=1S/C10H19NO2/c1-10(2,3)11(7-9(12)13)6-8-4-5-8/h8H,4-7H2,1-3H3,(H,12,13). The van der Waals surface area contributed by atoms with Crippen LogP contribution in [0, 0.1) is 5.92 Å². The maximum atomic E-state index is 10.6. The van der Waals surface area contributed by atoms with Crippen molar-refractivity contribution in [2.45, 2.75) is 39.2 Å². The van der Waals surface area contributed by atoms with Gasteiger partial charge in [0, 0.05) is 12.1 Å². The van der Waals surface area contributed by atoms with E-state index in [4.69, 9.17) is 5.11 Å². The topological polar surface area (TPSA) is 40.5 Å². The molecular weight excluding hydrogens is 166 g/mol. The SMILES string of the molecule is CC(C)(C)N(CC(=O)O)CC1CC1. The summed E-state index contributed by atoms with van der Waals surface area (Å²) in [6, 6.07) is 0. The summed E-state index contributed by atoms with van der Waals surface area (Å²) in [5, 5.41) is 8.74. The second-order valence-corrected chi connectivity index (χ2v) is 4.89. The van der Waals surface area contributed by atoms with Gasteiger partial charge >= 0.3 is 5.97 Å². The third-order valence-electron chi connectivity index (χ3n) is 2.45. The van der Waals surface area contributed by atoms with Gasteiger partial charge in [0.05, 0.1) is 6.54 Å². The molecule has 1 N–H and O–H groups in total. The first-order valence-electron chi connectivity index (χ1n) is 4.86. The van der Waals surface area contributed by atoms with Crippen LogP contribution in [0.25, 0.3) is 0 Å². The van der Waals surface area contributed by atoms with Crippen molar-refractivity contribution < 1.29 is 9.90 Å². The molecule has 0 unspecified atom stereocenters. The summed E-state index contributed by atoms with van der Waals surface area (Å²) in [5.41, 5.74) is -0.0268. The van der Waals surface area contributed by atoms with Crippen LogP contribution in [0.1, 0.15) is 33.6 Å². The number of carboxylic acids is 1. The average molecular weight is 185 g/mol. The van der Waals surface area contributed by atoms with Crippen LogP contribution in [0.5, 0.6) is 0 Å². The van der Waals surface area contributed by atoms with Crippen LogP contribution in [0.4, 0.5) is 0 Å². The number of aliphatic carboxylic acids is 1. The predicted octanol–water partition coefficient (Wildman–Crippen LogP) is 1.58. The maximum Gasteiger partial charge on any atom is 0.317 e. The molecule has 1 saturated carbocycles. The zero-order valence-electron chi connectivity index (χ0n) is 8.71. The molecule has 0 heterocycles. The van der Waals surface area contributed by atoms with Crippen molar-refractivity contribution in [2.24, 2.45) is 5.92 Å². The summed E-state index contributed by atoms with van der Waals surface area (Å²) in [6.07, 6.45) is 2.54. The lowest BCUT2D eigenvalue weighted by Gasteiger charge is -2.34. The molecule has 0 aromatic heterocycles. The van der Waals surface area contributed by atoms with Gasteiger partial charge in [-0.05, 0) is 39.5 Å². The van der Waals surface area contributed by atoms with Gasteiger partial charge in [-0.2, -0.15) is 0 Å². The van der Waals surface area contributed by atoms with E-state index in [-0.39, 0.29) is 12.1 Å². The van der Waals surface area contributed by atoms with Gasteiger partial charge in [0.25, 0.3) is 0 Å². The van der Waals surface area contributed by atoms with Crippen molar-refractivity contribution in [3.8, 4) is 0 Å². The van der Waals surface area contributed by atoms with Crippen molar-refractivity contribution in [1.29, 1.82) is 0 Å². The van der Waals surface area contributed by atoms with Crippen LogP contribution >= 0.6 is 0 Å². The number of nitrogens with zero attached hydrogens (tertiary/aromatic N) is 1. The Hall–Kier alpha value is -0.570. The Kier molecular flexibility index (Phi) is 2.96. The molecule has 0 amide bonds. The quantitative estimate of drug-likeness (QED) is 0.723. The first-order valence-corrected chi connectivity index (χ1v) is 4.86. The Morgan fingerprint density at radius 1 is 1.46 bits per heavy atom. The molecule has 0 radical (unpaired) electrons. The zero-order chi connectivity index (χ0) is 10.1. The van der Waals surface area contributed by atoms with Gasteiger partial charge in [-0.25, -0.2) is 0 Å². The Bertz CT molecular complexity index is 192. The molecule has 0 aromatic carbocycles. The van der Waals surface area contributed by atoms with Crippen LogP contribution in [0.2, 0.25) is 0 Å². The number of carbonyl (C=O) groups is 1. The van der Waals surface area contributed by atoms with Crippen LogP contribution in [0.15, 0.2) is 0 Å². The van der Waals surface area contributed by atoms with Crippen LogP contribution in [-0.2, 0) is 4.79 Å². The van der Waals surface area contributed by atoms with Gasteiger partial charge in [0.2, 0.25) is 0 Å². The van der Waals surface area contributed by atoms with Gasteiger partial charge in [0.15, 0.2) is 0 Å². The molecule has 0 atom stereocenters. The fraction of sp³-hybridized carbons (Fsp3) is 0.900. The van der Waals surface area contributed by atoms with Crippen molar-refractivity contribution in [1.82, 2.24) is 4.90 Å². The molecule has 0 bridgehead atoms. The van der Waals surface area contributed by atoms with Crippen LogP contribution < -0.4 is 0 Å². The molecule has 13 heavy (non-hydrogen) atoms. The summed E-state index contributed by atoms with van der Waals surface area (Å²) in [4.78, 5) is 12.7. The van der Waals surface area contributed by atoms with E-state index in [1.54, 1.807) is 0 Å². The molecule has 0 saturated heterocycles. The number of hydrogen-bond donors (Lipinski definition) is 1. The van der Waals surface area contributed by atoms with E-state index in [0.29, 0.717) is 0 Å². The van der Waals surface area contributed by atoms with Crippen LogP contribution in [0.3, 0.4) is 0 Å². The van der Waals surface area contributed by atoms with E-state index in [1.807, 2.05) is 4.90 Å². The van der Waals surface area contributed by atoms with E-state index in [0.717, 1.165) is 12.5 Å². The van der Waals surface area contributed by atoms with Gasteiger partial charge in [-0.15, -0.1) is 0 Å². The fourth-order valence-electron chi connectivity index (χ4n) is 1.35. The summed E-state index contributed by atoms with van der Waals surface area (Å²) in [6.45, 7) is 7.31. The Balaban J connectivity index is 2.46. The molecule has 3 heteroatoms. The van der Waals surface area contributed by atoms with E-state index < -0.39 is 5.97 Å². The highest BCUT2D eigenvalue weighted by Gasteiger charge is 2.30. The maximum absolute atomic E-state index is 10.6. The summed E-state index contributed by atoms with van der Waals surface area (Å²) in [5.74, 6) is 0.0224. The first kappa shape index (κ1) is 10.5. The van der Waals surface area contributed by atoms with E-state index >= 15 is 0 Å². The molecule has 0 aromatic rings. The lowest BCUT2D eigenvalue weighted by Crippen LogP contribution is -2.45. The molecule has 1 fully saturated rings. The molecule has 1 rings (SSSR count). The van der Waals surface area contributed by atoms with Gasteiger partial charge < -0.3 is 5.11 Å². The minimum Gasteiger partial charge on any atom is -0.480 e. The summed E-state index contributed by atoms with van der Waals surface area (Å²) < 4.78 is 0. The fourth-order valence-corrected chi connectivity index (χ4v) is 1.35. The van der Waals surface area contributed by atoms with Crippen molar-refractivity contribution in [3.63, 3.8) is 0 Å². The van der Waals surface area contributed by atoms with E-state index in [2.05, 4.69) is 20.8 Å². The highest BCUT2D eigenvalue weighted by atomic mass is 16.4. The normalized spacial score (nSPS) is 17.8. The minimum absolute atomic E-state index is 0.0268. The summed E-state index contributed by atoms with van der Waals surface area (Å²) in [7, 11) is 0. The Morgan fingerprint density at radius 3 is 2.31 bits per heavy atom. The van der Waals surface area contributed by atoms with Crippen molar-refractivity contribution in [3.05, 3.63) is 0 Å². The highest BCUT2D eigenvalue weighted by Crippen LogP contribution is 2.31. The minimum atomic E-state index is -0.726. The predicted molar refractivity (Wildman–Crippen MR) is 51.7 cm³/mol. The zero-order valence-corrected chi connectivity index (χ0v) is 8.71. The number of rotatable bonds is 4. The second-order valence-electron chi connectivity index (χ2n) is 4.89.